The molecule has 3 nitrogen and oxygen atoms in total. The van der Waals surface area contributed by atoms with Gasteiger partial charge >= 0.3 is 0 Å². The van der Waals surface area contributed by atoms with E-state index >= 15 is 0 Å². The standard InChI is InChI=1S/C14H20N2O/c1-16(12-8-5-9-12)14(17)13(15)10-11-6-3-2-4-7-11/h2-4,6-7,12-13H,5,8-10,15H2,1H3. The second-order valence-electron chi connectivity index (χ2n) is 4.83. The van der Waals surface area contributed by atoms with E-state index in [4.69, 9.17) is 5.73 Å². The molecule has 2 N–H and O–H groups in total. The number of benzene rings is 1. The smallest absolute Gasteiger partial charge is 0.239 e. The van der Waals surface area contributed by atoms with Crippen LogP contribution in [0.5, 0.6) is 0 Å². The first-order valence-corrected chi connectivity index (χ1v) is 6.24. The monoisotopic (exact) mass is 232 g/mol. The van der Waals surface area contributed by atoms with Gasteiger partial charge in [-0.2, -0.15) is 0 Å². The average molecular weight is 232 g/mol. The highest BCUT2D eigenvalue weighted by atomic mass is 16.2. The third-order valence-corrected chi connectivity index (χ3v) is 3.59. The zero-order chi connectivity index (χ0) is 12.3. The Morgan fingerprint density at radius 2 is 2.06 bits per heavy atom. The molecular weight excluding hydrogens is 212 g/mol. The van der Waals surface area contributed by atoms with Gasteiger partial charge in [0.2, 0.25) is 5.91 Å². The lowest BCUT2D eigenvalue weighted by Crippen LogP contribution is -2.49. The van der Waals surface area contributed by atoms with E-state index in [9.17, 15) is 4.79 Å². The number of nitrogens with zero attached hydrogens (tertiary/aromatic N) is 1. The fourth-order valence-electron chi connectivity index (χ4n) is 2.17. The van der Waals surface area contributed by atoms with Crippen LogP contribution in [0.3, 0.4) is 0 Å². The Morgan fingerprint density at radius 1 is 1.41 bits per heavy atom. The molecule has 0 spiro atoms. The van der Waals surface area contributed by atoms with Crippen LogP contribution >= 0.6 is 0 Å². The Bertz CT molecular complexity index is 373. The molecule has 0 saturated heterocycles. The summed E-state index contributed by atoms with van der Waals surface area (Å²) in [5, 5.41) is 0. The molecule has 1 aliphatic rings. The molecule has 0 heterocycles. The molecule has 0 bridgehead atoms. The molecule has 0 aliphatic heterocycles. The molecule has 1 aromatic carbocycles. The fraction of sp³-hybridized carbons (Fsp3) is 0.500. The number of nitrogens with two attached hydrogens (primary N) is 1. The van der Waals surface area contributed by atoms with Gasteiger partial charge in [-0.25, -0.2) is 0 Å². The molecule has 92 valence electrons. The van der Waals surface area contributed by atoms with Crippen molar-refractivity contribution in [3.8, 4) is 0 Å². The van der Waals surface area contributed by atoms with E-state index in [0.717, 1.165) is 18.4 Å². The molecule has 1 aliphatic carbocycles. The van der Waals surface area contributed by atoms with Crippen LogP contribution in [0, 0.1) is 0 Å². The number of hydrogen-bond acceptors (Lipinski definition) is 2. The van der Waals surface area contributed by atoms with Crippen molar-refractivity contribution in [3.63, 3.8) is 0 Å². The Balaban J connectivity index is 1.90. The second kappa shape index (κ2) is 5.32. The number of amides is 1. The SMILES string of the molecule is CN(C(=O)C(N)Cc1ccccc1)C1CCC1. The van der Waals surface area contributed by atoms with Crippen LogP contribution in [-0.4, -0.2) is 29.9 Å². The van der Waals surface area contributed by atoms with Crippen molar-refractivity contribution in [1.82, 2.24) is 4.90 Å². The predicted molar refractivity (Wildman–Crippen MR) is 68.5 cm³/mol. The largest absolute Gasteiger partial charge is 0.341 e. The van der Waals surface area contributed by atoms with Crippen LogP contribution in [0.1, 0.15) is 24.8 Å². The van der Waals surface area contributed by atoms with Crippen molar-refractivity contribution in [1.29, 1.82) is 0 Å². The maximum Gasteiger partial charge on any atom is 0.239 e. The first kappa shape index (κ1) is 12.1. The van der Waals surface area contributed by atoms with Crippen molar-refractivity contribution >= 4 is 5.91 Å². The van der Waals surface area contributed by atoms with Crippen molar-refractivity contribution < 1.29 is 4.79 Å². The van der Waals surface area contributed by atoms with Gasteiger partial charge in [-0.15, -0.1) is 0 Å². The van der Waals surface area contributed by atoms with Gasteiger partial charge in [0.15, 0.2) is 0 Å². The number of hydrogen-bond donors (Lipinski definition) is 1. The minimum atomic E-state index is -0.414. The van der Waals surface area contributed by atoms with Crippen molar-refractivity contribution in [2.45, 2.75) is 37.8 Å². The van der Waals surface area contributed by atoms with E-state index in [1.165, 1.54) is 6.42 Å². The normalized spacial score (nSPS) is 17.3. The van der Waals surface area contributed by atoms with Gasteiger partial charge in [0.25, 0.3) is 0 Å². The molecule has 0 radical (unpaired) electrons. The minimum Gasteiger partial charge on any atom is -0.341 e. The Labute approximate surface area is 103 Å². The third-order valence-electron chi connectivity index (χ3n) is 3.59. The topological polar surface area (TPSA) is 46.3 Å². The summed E-state index contributed by atoms with van der Waals surface area (Å²) in [4.78, 5) is 13.9. The Kier molecular flexibility index (Phi) is 3.79. The van der Waals surface area contributed by atoms with Crippen LogP contribution in [-0.2, 0) is 11.2 Å². The lowest BCUT2D eigenvalue weighted by Gasteiger charge is -2.36. The average Bonchev–Trinajstić information content (AvgIpc) is 2.27. The zero-order valence-electron chi connectivity index (χ0n) is 10.3. The van der Waals surface area contributed by atoms with Gasteiger partial charge in [0.05, 0.1) is 6.04 Å². The highest BCUT2D eigenvalue weighted by molar-refractivity contribution is 5.82. The van der Waals surface area contributed by atoms with Crippen LogP contribution in [0.25, 0.3) is 0 Å². The van der Waals surface area contributed by atoms with Crippen LogP contribution in [0.4, 0.5) is 0 Å². The lowest BCUT2D eigenvalue weighted by molar-refractivity contribution is -0.134. The molecule has 1 unspecified atom stereocenters. The minimum absolute atomic E-state index is 0.0681. The van der Waals surface area contributed by atoms with Gasteiger partial charge < -0.3 is 10.6 Å². The highest BCUT2D eigenvalue weighted by Gasteiger charge is 2.28. The van der Waals surface area contributed by atoms with E-state index in [1.54, 1.807) is 0 Å². The predicted octanol–water partition coefficient (Wildman–Crippen LogP) is 1.57. The Morgan fingerprint density at radius 3 is 2.59 bits per heavy atom. The Hall–Kier alpha value is -1.35. The number of rotatable bonds is 4. The summed E-state index contributed by atoms with van der Waals surface area (Å²) in [6, 6.07) is 9.95. The summed E-state index contributed by atoms with van der Waals surface area (Å²) in [5.74, 6) is 0.0681. The summed E-state index contributed by atoms with van der Waals surface area (Å²) >= 11 is 0. The fourth-order valence-corrected chi connectivity index (χ4v) is 2.17. The van der Waals surface area contributed by atoms with Crippen molar-refractivity contribution in [2.75, 3.05) is 7.05 Å². The summed E-state index contributed by atoms with van der Waals surface area (Å²) in [6.07, 6.45) is 4.10. The van der Waals surface area contributed by atoms with Gasteiger partial charge in [-0.3, -0.25) is 4.79 Å². The third kappa shape index (κ3) is 2.86. The quantitative estimate of drug-likeness (QED) is 0.856. The van der Waals surface area contributed by atoms with Gasteiger partial charge in [-0.05, 0) is 31.2 Å². The van der Waals surface area contributed by atoms with E-state index in [2.05, 4.69) is 0 Å². The molecule has 1 fully saturated rings. The molecule has 2 rings (SSSR count). The van der Waals surface area contributed by atoms with E-state index in [0.29, 0.717) is 12.5 Å². The van der Waals surface area contributed by atoms with Gasteiger partial charge in [0.1, 0.15) is 0 Å². The molecule has 1 atom stereocenters. The van der Waals surface area contributed by atoms with Gasteiger partial charge in [0, 0.05) is 13.1 Å². The highest BCUT2D eigenvalue weighted by Crippen LogP contribution is 2.24. The maximum atomic E-state index is 12.1. The summed E-state index contributed by atoms with van der Waals surface area (Å²) in [6.45, 7) is 0. The molecule has 17 heavy (non-hydrogen) atoms. The van der Waals surface area contributed by atoms with Crippen LogP contribution < -0.4 is 5.73 Å². The summed E-state index contributed by atoms with van der Waals surface area (Å²) in [5.41, 5.74) is 7.10. The first-order chi connectivity index (χ1) is 8.18. The van der Waals surface area contributed by atoms with E-state index < -0.39 is 6.04 Å². The first-order valence-electron chi connectivity index (χ1n) is 6.24. The number of carbonyl (C=O) groups is 1. The molecule has 0 aromatic heterocycles. The van der Waals surface area contributed by atoms with Crippen molar-refractivity contribution in [2.24, 2.45) is 5.73 Å². The molecule has 3 heteroatoms. The number of carbonyl (C=O) groups excluding carboxylic acids is 1. The summed E-state index contributed by atoms with van der Waals surface area (Å²) in [7, 11) is 1.87. The van der Waals surface area contributed by atoms with E-state index in [-0.39, 0.29) is 5.91 Å². The van der Waals surface area contributed by atoms with Crippen LogP contribution in [0.15, 0.2) is 30.3 Å². The molecule has 1 amide bonds. The van der Waals surface area contributed by atoms with Crippen molar-refractivity contribution in [3.05, 3.63) is 35.9 Å². The zero-order valence-corrected chi connectivity index (χ0v) is 10.3. The second-order valence-corrected chi connectivity index (χ2v) is 4.83. The number of likely N-dealkylation sites (N-methyl/N-ethyl adjacent to an activating group) is 1. The summed E-state index contributed by atoms with van der Waals surface area (Å²) < 4.78 is 0. The molecular formula is C14H20N2O. The molecule has 1 saturated carbocycles. The van der Waals surface area contributed by atoms with Gasteiger partial charge in [-0.1, -0.05) is 30.3 Å². The molecule has 1 aromatic rings. The maximum absolute atomic E-state index is 12.1. The van der Waals surface area contributed by atoms with E-state index in [1.807, 2.05) is 42.3 Å². The van der Waals surface area contributed by atoms with Crippen LogP contribution in [0.2, 0.25) is 0 Å². The lowest BCUT2D eigenvalue weighted by atomic mass is 9.91.